The Labute approximate surface area is 121 Å². The van der Waals surface area contributed by atoms with Crippen molar-refractivity contribution in [2.75, 3.05) is 19.7 Å². The number of hydrogen-bond acceptors (Lipinski definition) is 3. The third kappa shape index (κ3) is 2.60. The number of fused-ring (bicyclic) bond motifs is 1. The number of carboxylic acid groups (broad SMARTS) is 1. The first-order valence-corrected chi connectivity index (χ1v) is 8.20. The van der Waals surface area contributed by atoms with Crippen LogP contribution in [0, 0.1) is 11.3 Å². The van der Waals surface area contributed by atoms with E-state index in [9.17, 15) is 9.90 Å². The minimum Gasteiger partial charge on any atom is -0.481 e. The molecule has 114 valence electrons. The molecule has 2 saturated carbocycles. The second-order valence-electron chi connectivity index (χ2n) is 7.16. The standard InChI is InChI=1S/C16H27NO3/c1-12-4-3-7-16(10-12,15(18)19)11-17-8-9-20-14-6-2-5-13(14)17/h12-14H,2-11H2,1H3,(H,18,19). The van der Waals surface area contributed by atoms with Crippen LogP contribution in [0.5, 0.6) is 0 Å². The fourth-order valence-electron chi connectivity index (χ4n) is 4.66. The lowest BCUT2D eigenvalue weighted by Crippen LogP contribution is -2.54. The molecular weight excluding hydrogens is 254 g/mol. The average Bonchev–Trinajstić information content (AvgIpc) is 2.88. The molecule has 1 heterocycles. The number of aliphatic carboxylic acids is 1. The summed E-state index contributed by atoms with van der Waals surface area (Å²) in [6.07, 6.45) is 7.85. The van der Waals surface area contributed by atoms with Crippen LogP contribution in [-0.2, 0) is 9.53 Å². The lowest BCUT2D eigenvalue weighted by Gasteiger charge is -2.45. The molecule has 4 atom stereocenters. The molecule has 0 bridgehead atoms. The van der Waals surface area contributed by atoms with Crippen molar-refractivity contribution in [2.24, 2.45) is 11.3 Å². The summed E-state index contributed by atoms with van der Waals surface area (Å²) >= 11 is 0. The Balaban J connectivity index is 1.74. The Hall–Kier alpha value is -0.610. The van der Waals surface area contributed by atoms with E-state index >= 15 is 0 Å². The van der Waals surface area contributed by atoms with Gasteiger partial charge in [0.15, 0.2) is 0 Å². The maximum atomic E-state index is 11.9. The van der Waals surface area contributed by atoms with Crippen molar-refractivity contribution in [3.05, 3.63) is 0 Å². The van der Waals surface area contributed by atoms with E-state index in [-0.39, 0.29) is 0 Å². The number of nitrogens with zero attached hydrogens (tertiary/aromatic N) is 1. The number of ether oxygens (including phenoxy) is 1. The van der Waals surface area contributed by atoms with E-state index in [4.69, 9.17) is 4.74 Å². The number of rotatable bonds is 3. The van der Waals surface area contributed by atoms with Crippen molar-refractivity contribution in [3.63, 3.8) is 0 Å². The van der Waals surface area contributed by atoms with Crippen molar-refractivity contribution >= 4 is 5.97 Å². The minimum atomic E-state index is -0.579. The van der Waals surface area contributed by atoms with Crippen molar-refractivity contribution in [2.45, 2.75) is 64.0 Å². The van der Waals surface area contributed by atoms with Gasteiger partial charge in [-0.25, -0.2) is 0 Å². The molecule has 0 amide bonds. The molecule has 0 aromatic heterocycles. The highest BCUT2D eigenvalue weighted by Gasteiger charge is 2.46. The predicted octanol–water partition coefficient (Wildman–Crippen LogP) is 2.52. The Bertz CT molecular complexity index is 373. The van der Waals surface area contributed by atoms with Crippen LogP contribution in [0.1, 0.15) is 51.9 Å². The molecule has 1 saturated heterocycles. The molecule has 0 aromatic carbocycles. The summed E-state index contributed by atoms with van der Waals surface area (Å²) in [5.41, 5.74) is -0.512. The summed E-state index contributed by atoms with van der Waals surface area (Å²) in [6.45, 7) is 4.61. The van der Waals surface area contributed by atoms with Gasteiger partial charge in [0.1, 0.15) is 0 Å². The molecule has 0 radical (unpaired) electrons. The lowest BCUT2D eigenvalue weighted by atomic mass is 9.69. The summed E-state index contributed by atoms with van der Waals surface area (Å²) < 4.78 is 5.85. The molecule has 1 aliphatic heterocycles. The Morgan fingerprint density at radius 3 is 2.95 bits per heavy atom. The molecule has 0 spiro atoms. The first-order valence-electron chi connectivity index (χ1n) is 8.20. The van der Waals surface area contributed by atoms with Crippen LogP contribution in [-0.4, -0.2) is 47.8 Å². The van der Waals surface area contributed by atoms with Crippen LogP contribution in [0.2, 0.25) is 0 Å². The summed E-state index contributed by atoms with van der Waals surface area (Å²) in [4.78, 5) is 14.4. The SMILES string of the molecule is CC1CCCC(CN2CCOC3CCCC32)(C(=O)O)C1. The molecule has 20 heavy (non-hydrogen) atoms. The third-order valence-corrected chi connectivity index (χ3v) is 5.65. The van der Waals surface area contributed by atoms with Crippen LogP contribution in [0.25, 0.3) is 0 Å². The molecule has 2 aliphatic carbocycles. The molecule has 4 unspecified atom stereocenters. The maximum absolute atomic E-state index is 11.9. The molecule has 3 aliphatic rings. The van der Waals surface area contributed by atoms with Crippen molar-refractivity contribution < 1.29 is 14.6 Å². The van der Waals surface area contributed by atoms with Crippen molar-refractivity contribution in [3.8, 4) is 0 Å². The van der Waals surface area contributed by atoms with Crippen LogP contribution < -0.4 is 0 Å². The molecule has 0 aromatic rings. The van der Waals surface area contributed by atoms with Gasteiger partial charge in [-0.05, 0) is 38.0 Å². The topological polar surface area (TPSA) is 49.8 Å². The molecule has 4 heteroatoms. The molecule has 1 N–H and O–H groups in total. The summed E-state index contributed by atoms with van der Waals surface area (Å²) in [7, 11) is 0. The van der Waals surface area contributed by atoms with Crippen LogP contribution in [0.4, 0.5) is 0 Å². The van der Waals surface area contributed by atoms with Gasteiger partial charge >= 0.3 is 5.97 Å². The first kappa shape index (κ1) is 14.3. The van der Waals surface area contributed by atoms with Crippen LogP contribution >= 0.6 is 0 Å². The fraction of sp³-hybridized carbons (Fsp3) is 0.938. The average molecular weight is 281 g/mol. The van der Waals surface area contributed by atoms with E-state index in [2.05, 4.69) is 11.8 Å². The van der Waals surface area contributed by atoms with Gasteiger partial charge in [0.2, 0.25) is 0 Å². The Kier molecular flexibility index (Phi) is 4.04. The predicted molar refractivity (Wildman–Crippen MR) is 76.7 cm³/mol. The van der Waals surface area contributed by atoms with Gasteiger partial charge in [-0.15, -0.1) is 0 Å². The Morgan fingerprint density at radius 1 is 1.35 bits per heavy atom. The highest BCUT2D eigenvalue weighted by atomic mass is 16.5. The van der Waals surface area contributed by atoms with Gasteiger partial charge < -0.3 is 9.84 Å². The van der Waals surface area contributed by atoms with Crippen LogP contribution in [0.3, 0.4) is 0 Å². The van der Waals surface area contributed by atoms with E-state index in [0.29, 0.717) is 18.1 Å². The fourth-order valence-corrected chi connectivity index (χ4v) is 4.66. The highest BCUT2D eigenvalue weighted by Crippen LogP contribution is 2.42. The Morgan fingerprint density at radius 2 is 2.20 bits per heavy atom. The smallest absolute Gasteiger partial charge is 0.310 e. The second kappa shape index (κ2) is 5.64. The summed E-state index contributed by atoms with van der Waals surface area (Å²) in [6, 6.07) is 0.470. The molecule has 3 rings (SSSR count). The largest absolute Gasteiger partial charge is 0.481 e. The van der Waals surface area contributed by atoms with E-state index < -0.39 is 11.4 Å². The quantitative estimate of drug-likeness (QED) is 0.863. The van der Waals surface area contributed by atoms with Gasteiger partial charge in [-0.1, -0.05) is 19.8 Å². The van der Waals surface area contributed by atoms with Gasteiger partial charge in [0.25, 0.3) is 0 Å². The van der Waals surface area contributed by atoms with E-state index in [0.717, 1.165) is 45.4 Å². The number of morpholine rings is 1. The van der Waals surface area contributed by atoms with Crippen LogP contribution in [0.15, 0.2) is 0 Å². The lowest BCUT2D eigenvalue weighted by molar-refractivity contribution is -0.156. The van der Waals surface area contributed by atoms with Crippen molar-refractivity contribution in [1.29, 1.82) is 0 Å². The normalized spacial score (nSPS) is 42.4. The zero-order valence-corrected chi connectivity index (χ0v) is 12.5. The zero-order chi connectivity index (χ0) is 14.2. The van der Waals surface area contributed by atoms with Gasteiger partial charge in [-0.2, -0.15) is 0 Å². The molecule has 3 fully saturated rings. The van der Waals surface area contributed by atoms with E-state index in [1.807, 2.05) is 0 Å². The minimum absolute atomic E-state index is 0.357. The monoisotopic (exact) mass is 281 g/mol. The van der Waals surface area contributed by atoms with E-state index in [1.165, 1.54) is 19.3 Å². The number of carbonyl (C=O) groups is 1. The first-order chi connectivity index (χ1) is 9.61. The summed E-state index contributed by atoms with van der Waals surface area (Å²) in [5.74, 6) is -0.0367. The van der Waals surface area contributed by atoms with Gasteiger partial charge in [0, 0.05) is 19.1 Å². The number of carboxylic acids is 1. The maximum Gasteiger partial charge on any atom is 0.310 e. The van der Waals surface area contributed by atoms with Crippen molar-refractivity contribution in [1.82, 2.24) is 4.90 Å². The van der Waals surface area contributed by atoms with E-state index in [1.54, 1.807) is 0 Å². The highest BCUT2D eigenvalue weighted by molar-refractivity contribution is 5.75. The third-order valence-electron chi connectivity index (χ3n) is 5.65. The number of hydrogen-bond donors (Lipinski definition) is 1. The zero-order valence-electron chi connectivity index (χ0n) is 12.5. The second-order valence-corrected chi connectivity index (χ2v) is 7.16. The summed E-state index contributed by atoms with van der Waals surface area (Å²) in [5, 5.41) is 9.82. The molecular formula is C16H27NO3. The van der Waals surface area contributed by atoms with Gasteiger partial charge in [-0.3, -0.25) is 9.69 Å². The van der Waals surface area contributed by atoms with Gasteiger partial charge in [0.05, 0.1) is 18.1 Å². The molecule has 4 nitrogen and oxygen atoms in total.